The molecular weight excluding hydrogens is 247 g/mol. The number of carbonyl (C=O) groups is 1. The van der Waals surface area contributed by atoms with Crippen LogP contribution in [0.5, 0.6) is 5.75 Å². The number of nitrogens with zero attached hydrogens (tertiary/aromatic N) is 1. The molecule has 5 heteroatoms. The van der Waals surface area contributed by atoms with Gasteiger partial charge in [-0.25, -0.2) is 4.39 Å². The van der Waals surface area contributed by atoms with Crippen LogP contribution in [0.3, 0.4) is 0 Å². The fraction of sp³-hybridized carbons (Fsp3) is 0.500. The van der Waals surface area contributed by atoms with Crippen LogP contribution in [0.15, 0.2) is 24.3 Å². The molecule has 0 radical (unpaired) electrons. The fourth-order valence-electron chi connectivity index (χ4n) is 2.42. The molecule has 1 aromatic carbocycles. The quantitative estimate of drug-likeness (QED) is 0.879. The molecule has 0 spiro atoms. The number of rotatable bonds is 5. The fourth-order valence-corrected chi connectivity index (χ4v) is 2.42. The molecule has 104 valence electrons. The summed E-state index contributed by atoms with van der Waals surface area (Å²) in [6.07, 6.45) is 2.92. The number of hydrogen-bond donors (Lipinski definition) is 1. The van der Waals surface area contributed by atoms with E-state index in [1.165, 1.54) is 12.1 Å². The van der Waals surface area contributed by atoms with Crippen molar-refractivity contribution in [2.75, 3.05) is 19.7 Å². The van der Waals surface area contributed by atoms with E-state index in [1.807, 2.05) is 4.90 Å². The Morgan fingerprint density at radius 3 is 3.05 bits per heavy atom. The number of hydrogen-bond acceptors (Lipinski definition) is 3. The Bertz CT molecular complexity index is 439. The maximum absolute atomic E-state index is 13.0. The lowest BCUT2D eigenvalue weighted by molar-refractivity contribution is -0.124. The normalized spacial score (nSPS) is 20.2. The third-order valence-electron chi connectivity index (χ3n) is 3.39. The monoisotopic (exact) mass is 266 g/mol. The van der Waals surface area contributed by atoms with E-state index in [9.17, 15) is 9.18 Å². The second-order valence-corrected chi connectivity index (χ2v) is 4.76. The number of carbonyl (C=O) groups excluding carboxylic acids is 1. The van der Waals surface area contributed by atoms with E-state index >= 15 is 0 Å². The van der Waals surface area contributed by atoms with Crippen LogP contribution in [0.2, 0.25) is 0 Å². The predicted molar refractivity (Wildman–Crippen MR) is 70.3 cm³/mol. The number of likely N-dealkylation sites (tertiary alicyclic amines) is 1. The van der Waals surface area contributed by atoms with Gasteiger partial charge in [0.15, 0.2) is 0 Å². The zero-order valence-electron chi connectivity index (χ0n) is 10.8. The maximum Gasteiger partial charge on any atom is 0.234 e. The smallest absolute Gasteiger partial charge is 0.234 e. The van der Waals surface area contributed by atoms with Gasteiger partial charge in [0.1, 0.15) is 18.2 Å². The van der Waals surface area contributed by atoms with Crippen LogP contribution in [-0.4, -0.2) is 36.5 Å². The molecular formula is C14H19FN2O2. The SMILES string of the molecule is NC(=O)C1CCCCN1CCOc1cccc(F)c1. The van der Waals surface area contributed by atoms with Gasteiger partial charge in [-0.2, -0.15) is 0 Å². The minimum atomic E-state index is -0.314. The highest BCUT2D eigenvalue weighted by Gasteiger charge is 2.26. The van der Waals surface area contributed by atoms with Crippen molar-refractivity contribution < 1.29 is 13.9 Å². The molecule has 4 nitrogen and oxygen atoms in total. The largest absolute Gasteiger partial charge is 0.492 e. The molecule has 0 bridgehead atoms. The molecule has 2 N–H and O–H groups in total. The number of halogens is 1. The molecule has 1 amide bonds. The van der Waals surface area contributed by atoms with E-state index < -0.39 is 0 Å². The second-order valence-electron chi connectivity index (χ2n) is 4.76. The number of ether oxygens (including phenoxy) is 1. The molecule has 1 aliphatic heterocycles. The highest BCUT2D eigenvalue weighted by molar-refractivity contribution is 5.79. The van der Waals surface area contributed by atoms with Crippen LogP contribution < -0.4 is 10.5 Å². The Morgan fingerprint density at radius 1 is 1.47 bits per heavy atom. The number of piperidine rings is 1. The third-order valence-corrected chi connectivity index (χ3v) is 3.39. The van der Waals surface area contributed by atoms with E-state index in [0.717, 1.165) is 25.8 Å². The zero-order chi connectivity index (χ0) is 13.7. The zero-order valence-corrected chi connectivity index (χ0v) is 10.8. The van der Waals surface area contributed by atoms with E-state index in [4.69, 9.17) is 10.5 Å². The summed E-state index contributed by atoms with van der Waals surface area (Å²) < 4.78 is 18.4. The van der Waals surface area contributed by atoms with Gasteiger partial charge in [0.05, 0.1) is 6.04 Å². The molecule has 0 saturated carbocycles. The van der Waals surface area contributed by atoms with E-state index in [1.54, 1.807) is 12.1 Å². The summed E-state index contributed by atoms with van der Waals surface area (Å²) in [7, 11) is 0. The minimum absolute atomic E-state index is 0.190. The number of benzene rings is 1. The van der Waals surface area contributed by atoms with E-state index in [-0.39, 0.29) is 17.8 Å². The lowest BCUT2D eigenvalue weighted by atomic mass is 10.0. The summed E-state index contributed by atoms with van der Waals surface area (Å²) in [6, 6.07) is 5.86. The molecule has 1 aromatic rings. The molecule has 1 atom stereocenters. The summed E-state index contributed by atoms with van der Waals surface area (Å²) in [6.45, 7) is 1.91. The van der Waals surface area contributed by atoms with Crippen LogP contribution in [-0.2, 0) is 4.79 Å². The van der Waals surface area contributed by atoms with Crippen molar-refractivity contribution in [3.8, 4) is 5.75 Å². The van der Waals surface area contributed by atoms with Gasteiger partial charge in [-0.15, -0.1) is 0 Å². The van der Waals surface area contributed by atoms with E-state index in [0.29, 0.717) is 18.9 Å². The van der Waals surface area contributed by atoms with Crippen LogP contribution in [0.4, 0.5) is 4.39 Å². The van der Waals surface area contributed by atoms with Crippen LogP contribution >= 0.6 is 0 Å². The highest BCUT2D eigenvalue weighted by atomic mass is 19.1. The summed E-state index contributed by atoms with van der Waals surface area (Å²) >= 11 is 0. The average Bonchev–Trinajstić information content (AvgIpc) is 2.39. The van der Waals surface area contributed by atoms with Gasteiger partial charge < -0.3 is 10.5 Å². The van der Waals surface area contributed by atoms with Crippen LogP contribution in [0.1, 0.15) is 19.3 Å². The first-order valence-electron chi connectivity index (χ1n) is 6.58. The van der Waals surface area contributed by atoms with Crippen molar-refractivity contribution in [1.29, 1.82) is 0 Å². The molecule has 1 heterocycles. The van der Waals surface area contributed by atoms with Crippen molar-refractivity contribution in [1.82, 2.24) is 4.90 Å². The Balaban J connectivity index is 1.82. The third kappa shape index (κ3) is 3.92. The Morgan fingerprint density at radius 2 is 2.32 bits per heavy atom. The van der Waals surface area contributed by atoms with Gasteiger partial charge in [-0.3, -0.25) is 9.69 Å². The van der Waals surface area contributed by atoms with Crippen molar-refractivity contribution in [3.63, 3.8) is 0 Å². The average molecular weight is 266 g/mol. The maximum atomic E-state index is 13.0. The molecule has 1 unspecified atom stereocenters. The number of amides is 1. The molecule has 1 saturated heterocycles. The van der Waals surface area contributed by atoms with Crippen molar-refractivity contribution >= 4 is 5.91 Å². The van der Waals surface area contributed by atoms with Crippen LogP contribution in [0, 0.1) is 5.82 Å². The van der Waals surface area contributed by atoms with Gasteiger partial charge in [0, 0.05) is 12.6 Å². The lowest BCUT2D eigenvalue weighted by Gasteiger charge is -2.33. The lowest BCUT2D eigenvalue weighted by Crippen LogP contribution is -2.48. The highest BCUT2D eigenvalue weighted by Crippen LogP contribution is 2.17. The molecule has 0 aliphatic carbocycles. The Labute approximate surface area is 112 Å². The predicted octanol–water partition coefficient (Wildman–Crippen LogP) is 1.54. The summed E-state index contributed by atoms with van der Waals surface area (Å²) in [5.74, 6) is -0.0800. The summed E-state index contributed by atoms with van der Waals surface area (Å²) in [5.41, 5.74) is 5.39. The van der Waals surface area contributed by atoms with Gasteiger partial charge in [-0.05, 0) is 31.5 Å². The molecule has 2 rings (SSSR count). The summed E-state index contributed by atoms with van der Waals surface area (Å²) in [4.78, 5) is 13.4. The number of nitrogens with two attached hydrogens (primary N) is 1. The first-order valence-corrected chi connectivity index (χ1v) is 6.58. The van der Waals surface area contributed by atoms with Gasteiger partial charge in [-0.1, -0.05) is 12.5 Å². The van der Waals surface area contributed by atoms with Gasteiger partial charge in [0.2, 0.25) is 5.91 Å². The Hall–Kier alpha value is -1.62. The number of primary amides is 1. The van der Waals surface area contributed by atoms with E-state index in [2.05, 4.69) is 0 Å². The topological polar surface area (TPSA) is 55.6 Å². The second kappa shape index (κ2) is 6.52. The molecule has 1 aliphatic rings. The van der Waals surface area contributed by atoms with Gasteiger partial charge in [0.25, 0.3) is 0 Å². The first-order chi connectivity index (χ1) is 9.16. The molecule has 1 fully saturated rings. The van der Waals surface area contributed by atoms with Crippen LogP contribution in [0.25, 0.3) is 0 Å². The van der Waals surface area contributed by atoms with Gasteiger partial charge >= 0.3 is 0 Å². The molecule has 0 aromatic heterocycles. The molecule has 19 heavy (non-hydrogen) atoms. The Kier molecular flexibility index (Phi) is 4.74. The minimum Gasteiger partial charge on any atom is -0.492 e. The summed E-state index contributed by atoms with van der Waals surface area (Å²) in [5, 5.41) is 0. The standard InChI is InChI=1S/C14H19FN2O2/c15-11-4-3-5-12(10-11)19-9-8-17-7-2-1-6-13(17)14(16)18/h3-5,10,13H,1-2,6-9H2,(H2,16,18). The van der Waals surface area contributed by atoms with Crippen molar-refractivity contribution in [2.24, 2.45) is 5.73 Å². The van der Waals surface area contributed by atoms with Crippen molar-refractivity contribution in [3.05, 3.63) is 30.1 Å². The van der Waals surface area contributed by atoms with Crippen molar-refractivity contribution in [2.45, 2.75) is 25.3 Å². The first kappa shape index (κ1) is 13.8.